The molecule has 1 N–H and O–H groups in total. The van der Waals surface area contributed by atoms with Crippen LogP contribution in [0.2, 0.25) is 0 Å². The maximum absolute atomic E-state index is 14.9. The lowest BCUT2D eigenvalue weighted by atomic mass is 10.1. The molecule has 0 amide bonds. The molecule has 1 aromatic carbocycles. The lowest BCUT2D eigenvalue weighted by Crippen LogP contribution is -2.36. The van der Waals surface area contributed by atoms with Crippen molar-refractivity contribution in [3.8, 4) is 11.4 Å². The van der Waals surface area contributed by atoms with Crippen molar-refractivity contribution in [2.24, 2.45) is 0 Å². The lowest BCUT2D eigenvalue weighted by Gasteiger charge is -2.27. The average molecular weight is 618 g/mol. The molecule has 8 nitrogen and oxygen atoms in total. The number of nitrogens with one attached hydrogen (secondary N) is 1. The number of aromatic amines is 1. The first-order valence-corrected chi connectivity index (χ1v) is 12.6. The Bertz CT molecular complexity index is 1780. The molecule has 43 heavy (non-hydrogen) atoms. The summed E-state index contributed by atoms with van der Waals surface area (Å²) in [5, 5.41) is 5.15. The highest BCUT2D eigenvalue weighted by atomic mass is 19.4. The Morgan fingerprint density at radius 1 is 1.00 bits per heavy atom. The van der Waals surface area contributed by atoms with Gasteiger partial charge in [0, 0.05) is 37.6 Å². The van der Waals surface area contributed by atoms with Crippen LogP contribution >= 0.6 is 0 Å². The summed E-state index contributed by atoms with van der Waals surface area (Å²) in [5.74, 6) is -4.65. The third-order valence-electron chi connectivity index (χ3n) is 7.03. The number of pyridine rings is 1. The van der Waals surface area contributed by atoms with E-state index in [4.69, 9.17) is 0 Å². The van der Waals surface area contributed by atoms with E-state index in [1.165, 1.54) is 22.9 Å². The third-order valence-corrected chi connectivity index (χ3v) is 7.03. The smallest absolute Gasteiger partial charge is 0.360 e. The molecule has 1 aliphatic heterocycles. The summed E-state index contributed by atoms with van der Waals surface area (Å²) in [6, 6.07) is 2.39. The monoisotopic (exact) mass is 618 g/mol. The van der Waals surface area contributed by atoms with E-state index in [-0.39, 0.29) is 41.5 Å². The van der Waals surface area contributed by atoms with Crippen molar-refractivity contribution in [3.05, 3.63) is 80.6 Å². The van der Waals surface area contributed by atoms with Crippen LogP contribution in [0.25, 0.3) is 22.2 Å². The molecule has 228 valence electrons. The second kappa shape index (κ2) is 10.7. The number of rotatable bonds is 6. The van der Waals surface area contributed by atoms with E-state index in [1.54, 1.807) is 5.10 Å². The van der Waals surface area contributed by atoms with Gasteiger partial charge in [0.15, 0.2) is 5.82 Å². The Hall–Kier alpha value is -4.44. The van der Waals surface area contributed by atoms with Crippen LogP contribution in [0.1, 0.15) is 30.4 Å². The summed E-state index contributed by atoms with van der Waals surface area (Å²) in [7, 11) is 0. The summed E-state index contributed by atoms with van der Waals surface area (Å²) in [4.78, 5) is 32.8. The van der Waals surface area contributed by atoms with Crippen LogP contribution in [0.5, 0.6) is 0 Å². The number of hydrogen-bond donors (Lipinski definition) is 1. The number of anilines is 1. The molecular weight excluding hydrogens is 599 g/mol. The zero-order chi connectivity index (χ0) is 31.3. The summed E-state index contributed by atoms with van der Waals surface area (Å²) >= 11 is 0. The van der Waals surface area contributed by atoms with Crippen LogP contribution in [0.15, 0.2) is 52.6 Å². The SMILES string of the molecule is O=c1[nH]ncc(N2CC(F)(F)C[C@H]2CCCn2ccc3cc(-c4ncc(C(F)(F)F)cn4)c(F)cc3c2=O)c1C(F)(F)F. The van der Waals surface area contributed by atoms with Crippen LogP contribution in [0.3, 0.4) is 0 Å². The van der Waals surface area contributed by atoms with Crippen LogP contribution in [0, 0.1) is 5.82 Å². The quantitative estimate of drug-likeness (QED) is 0.291. The molecule has 1 saturated heterocycles. The molecule has 1 atom stereocenters. The van der Waals surface area contributed by atoms with Crippen LogP contribution in [0.4, 0.5) is 45.2 Å². The van der Waals surface area contributed by atoms with Gasteiger partial charge in [-0.25, -0.2) is 28.2 Å². The zero-order valence-electron chi connectivity index (χ0n) is 21.6. The predicted octanol–water partition coefficient (Wildman–Crippen LogP) is 5.41. The third kappa shape index (κ3) is 6.06. The highest BCUT2D eigenvalue weighted by Gasteiger charge is 2.48. The molecule has 0 unspecified atom stereocenters. The first-order chi connectivity index (χ1) is 20.0. The zero-order valence-corrected chi connectivity index (χ0v) is 21.6. The van der Waals surface area contributed by atoms with Gasteiger partial charge in [-0.1, -0.05) is 0 Å². The van der Waals surface area contributed by atoms with Crippen molar-refractivity contribution >= 4 is 16.5 Å². The fraction of sp³-hybridized carbons (Fsp3) is 0.346. The van der Waals surface area contributed by atoms with Crippen LogP contribution in [-0.4, -0.2) is 43.2 Å². The molecule has 0 radical (unpaired) electrons. The van der Waals surface area contributed by atoms with Crippen LogP contribution < -0.4 is 16.0 Å². The second-order valence-corrected chi connectivity index (χ2v) is 9.97. The van der Waals surface area contributed by atoms with E-state index >= 15 is 0 Å². The molecule has 17 heteroatoms. The molecule has 0 bridgehead atoms. The predicted molar refractivity (Wildman–Crippen MR) is 134 cm³/mol. The van der Waals surface area contributed by atoms with Gasteiger partial charge in [0.1, 0.15) is 11.4 Å². The summed E-state index contributed by atoms with van der Waals surface area (Å²) in [6.07, 6.45) is -7.61. The Morgan fingerprint density at radius 2 is 1.70 bits per heavy atom. The highest BCUT2D eigenvalue weighted by Crippen LogP contribution is 2.41. The number of aromatic nitrogens is 5. The van der Waals surface area contributed by atoms with Gasteiger partial charge in [-0.05, 0) is 36.4 Å². The van der Waals surface area contributed by atoms with Gasteiger partial charge in [-0.15, -0.1) is 0 Å². The van der Waals surface area contributed by atoms with Gasteiger partial charge in [-0.3, -0.25) is 9.59 Å². The average Bonchev–Trinajstić information content (AvgIpc) is 3.22. The number of H-pyrrole nitrogens is 1. The molecule has 3 aromatic heterocycles. The molecule has 4 aromatic rings. The Kier molecular flexibility index (Phi) is 7.46. The van der Waals surface area contributed by atoms with Crippen molar-refractivity contribution in [1.29, 1.82) is 0 Å². The van der Waals surface area contributed by atoms with E-state index in [0.717, 1.165) is 11.0 Å². The molecule has 1 fully saturated rings. The van der Waals surface area contributed by atoms with Gasteiger partial charge in [0.05, 0.1) is 34.9 Å². The molecule has 0 aliphatic carbocycles. The van der Waals surface area contributed by atoms with Crippen molar-refractivity contribution in [2.45, 2.75) is 50.1 Å². The van der Waals surface area contributed by atoms with Gasteiger partial charge in [0.2, 0.25) is 0 Å². The molecule has 0 spiro atoms. The van der Waals surface area contributed by atoms with Crippen molar-refractivity contribution < 1.29 is 39.5 Å². The maximum atomic E-state index is 14.9. The van der Waals surface area contributed by atoms with Crippen molar-refractivity contribution in [3.63, 3.8) is 0 Å². The van der Waals surface area contributed by atoms with E-state index in [1.807, 2.05) is 0 Å². The number of fused-ring (bicyclic) bond motifs is 1. The Morgan fingerprint density at radius 3 is 2.35 bits per heavy atom. The Balaban J connectivity index is 1.36. The summed E-state index contributed by atoms with van der Waals surface area (Å²) in [6.45, 7) is -1.12. The topological polar surface area (TPSA) is 96.8 Å². The van der Waals surface area contributed by atoms with Gasteiger partial charge < -0.3 is 9.47 Å². The Labute approximate surface area is 234 Å². The second-order valence-electron chi connectivity index (χ2n) is 9.97. The number of halogens is 9. The number of alkyl halides is 8. The summed E-state index contributed by atoms with van der Waals surface area (Å²) in [5.41, 5.74) is -6.01. The van der Waals surface area contributed by atoms with Gasteiger partial charge in [0.25, 0.3) is 17.0 Å². The maximum Gasteiger partial charge on any atom is 0.423 e. The minimum atomic E-state index is -5.12. The molecule has 1 aliphatic rings. The number of hydrogen-bond acceptors (Lipinski definition) is 6. The van der Waals surface area contributed by atoms with Gasteiger partial charge in [-0.2, -0.15) is 31.4 Å². The van der Waals surface area contributed by atoms with E-state index in [2.05, 4.69) is 15.1 Å². The number of benzene rings is 1. The first-order valence-electron chi connectivity index (χ1n) is 12.6. The summed E-state index contributed by atoms with van der Waals surface area (Å²) < 4.78 is 124. The first kappa shape index (κ1) is 30.0. The molecular formula is C26H19F9N6O2. The van der Waals surface area contributed by atoms with E-state index in [9.17, 15) is 49.1 Å². The van der Waals surface area contributed by atoms with E-state index < -0.39 is 71.0 Å². The fourth-order valence-electron chi connectivity index (χ4n) is 5.08. The molecule has 4 heterocycles. The van der Waals surface area contributed by atoms with Crippen molar-refractivity contribution in [2.75, 3.05) is 11.4 Å². The van der Waals surface area contributed by atoms with Crippen molar-refractivity contribution in [1.82, 2.24) is 24.7 Å². The molecule has 0 saturated carbocycles. The standard InChI is InChI=1S/C26H19F9N6O2/c27-18-7-16-13(6-17(18)21-36-9-14(10-37-21)25(30,31)32)3-5-40(23(16)43)4-1-2-15-8-24(28,29)12-41(15)19-11-38-39-22(42)20(19)26(33,34)35/h3,5-7,9-11,15H,1-2,4,8,12H2,(H,39,42)/t15-/m1/s1. The number of nitrogens with zero attached hydrogens (tertiary/aromatic N) is 5. The minimum absolute atomic E-state index is 0.0561. The number of aryl methyl sites for hydroxylation is 1. The largest absolute Gasteiger partial charge is 0.423 e. The normalized spacial score (nSPS) is 17.1. The lowest BCUT2D eigenvalue weighted by molar-refractivity contribution is -0.139. The van der Waals surface area contributed by atoms with E-state index in [0.29, 0.717) is 18.6 Å². The highest BCUT2D eigenvalue weighted by molar-refractivity contribution is 5.86. The van der Waals surface area contributed by atoms with Gasteiger partial charge >= 0.3 is 12.4 Å². The van der Waals surface area contributed by atoms with Crippen LogP contribution in [-0.2, 0) is 18.9 Å². The minimum Gasteiger partial charge on any atom is -0.360 e. The molecule has 5 rings (SSSR count). The fourth-order valence-corrected chi connectivity index (χ4v) is 5.08.